The maximum Gasteiger partial charge on any atom is 0.264 e. The minimum absolute atomic E-state index is 0.0589. The first kappa shape index (κ1) is 27.6. The fourth-order valence-electron chi connectivity index (χ4n) is 4.18. The summed E-state index contributed by atoms with van der Waals surface area (Å²) >= 11 is 5.97. The van der Waals surface area contributed by atoms with Gasteiger partial charge in [-0.05, 0) is 91.4 Å². The Labute approximate surface area is 219 Å². The van der Waals surface area contributed by atoms with E-state index in [1.165, 1.54) is 24.3 Å². The van der Waals surface area contributed by atoms with Crippen LogP contribution in [0.4, 0.5) is 5.69 Å². The molecule has 0 saturated heterocycles. The first-order valence-electron chi connectivity index (χ1n) is 11.8. The van der Waals surface area contributed by atoms with Gasteiger partial charge in [-0.2, -0.15) is 0 Å². The maximum absolute atomic E-state index is 13.6. The van der Waals surface area contributed by atoms with Crippen molar-refractivity contribution in [3.05, 3.63) is 87.9 Å². The van der Waals surface area contributed by atoms with Crippen LogP contribution in [-0.2, 0) is 14.8 Å². The molecule has 1 atom stereocenters. The lowest BCUT2D eigenvalue weighted by Gasteiger charge is -2.27. The van der Waals surface area contributed by atoms with Gasteiger partial charge in [-0.1, -0.05) is 43.6 Å². The summed E-state index contributed by atoms with van der Waals surface area (Å²) in [6.45, 7) is 9.47. The number of carbonyl (C=O) groups is 1. The molecule has 3 rings (SSSR count). The molecule has 0 heterocycles. The number of nitrogens with zero attached hydrogens (tertiary/aromatic N) is 1. The van der Waals surface area contributed by atoms with E-state index >= 15 is 0 Å². The summed E-state index contributed by atoms with van der Waals surface area (Å²) in [6, 6.07) is 16.7. The zero-order valence-corrected chi connectivity index (χ0v) is 23.1. The molecular formula is C28H33ClN2O4S. The number of halogens is 1. The minimum atomic E-state index is -4.03. The van der Waals surface area contributed by atoms with Crippen molar-refractivity contribution in [3.8, 4) is 5.75 Å². The van der Waals surface area contributed by atoms with Crippen molar-refractivity contribution < 1.29 is 17.9 Å². The van der Waals surface area contributed by atoms with E-state index in [9.17, 15) is 13.2 Å². The molecule has 0 aliphatic heterocycles. The van der Waals surface area contributed by atoms with Crippen LogP contribution < -0.4 is 14.4 Å². The number of para-hydroxylation sites is 1. The maximum atomic E-state index is 13.6. The molecule has 0 unspecified atom stereocenters. The van der Waals surface area contributed by atoms with Gasteiger partial charge in [0.1, 0.15) is 12.3 Å². The van der Waals surface area contributed by atoms with Gasteiger partial charge in [-0.15, -0.1) is 0 Å². The van der Waals surface area contributed by atoms with Crippen molar-refractivity contribution in [2.45, 2.75) is 51.5 Å². The predicted octanol–water partition coefficient (Wildman–Crippen LogP) is 6.16. The van der Waals surface area contributed by atoms with Crippen LogP contribution in [-0.4, -0.2) is 28.0 Å². The number of carbonyl (C=O) groups excluding carboxylic acids is 1. The highest BCUT2D eigenvalue weighted by atomic mass is 35.5. The third kappa shape index (κ3) is 6.02. The van der Waals surface area contributed by atoms with Gasteiger partial charge in [0, 0.05) is 5.02 Å². The molecule has 0 aromatic heterocycles. The van der Waals surface area contributed by atoms with Crippen LogP contribution in [0.1, 0.15) is 55.0 Å². The predicted molar refractivity (Wildman–Crippen MR) is 146 cm³/mol. The highest BCUT2D eigenvalue weighted by Gasteiger charge is 2.29. The number of rotatable bonds is 9. The van der Waals surface area contributed by atoms with Gasteiger partial charge < -0.3 is 10.1 Å². The lowest BCUT2D eigenvalue weighted by molar-refractivity contribution is -0.120. The normalized spacial score (nSPS) is 12.3. The van der Waals surface area contributed by atoms with E-state index in [0.717, 1.165) is 32.3 Å². The van der Waals surface area contributed by atoms with Crippen molar-refractivity contribution >= 4 is 33.2 Å². The van der Waals surface area contributed by atoms with Crippen molar-refractivity contribution in [2.75, 3.05) is 18.0 Å². The molecule has 0 spiro atoms. The molecule has 3 aromatic carbocycles. The Bertz CT molecular complexity index is 1340. The second-order valence-corrected chi connectivity index (χ2v) is 11.4. The number of sulfonamides is 1. The molecule has 8 heteroatoms. The van der Waals surface area contributed by atoms with Gasteiger partial charge in [-0.25, -0.2) is 8.42 Å². The van der Waals surface area contributed by atoms with E-state index in [0.29, 0.717) is 10.7 Å². The lowest BCUT2D eigenvalue weighted by Crippen LogP contribution is -2.42. The van der Waals surface area contributed by atoms with Crippen LogP contribution in [0.5, 0.6) is 5.75 Å². The van der Waals surface area contributed by atoms with Gasteiger partial charge in [0.15, 0.2) is 0 Å². The Morgan fingerprint density at radius 2 is 1.61 bits per heavy atom. The molecule has 3 aromatic rings. The molecule has 1 amide bonds. The smallest absolute Gasteiger partial charge is 0.264 e. The molecule has 1 N–H and O–H groups in total. The molecule has 0 bridgehead atoms. The Hall–Kier alpha value is -3.03. The third-order valence-electron chi connectivity index (χ3n) is 6.16. The molecule has 0 aliphatic carbocycles. The zero-order chi connectivity index (χ0) is 26.6. The van der Waals surface area contributed by atoms with Gasteiger partial charge in [0.2, 0.25) is 5.91 Å². The van der Waals surface area contributed by atoms with Crippen molar-refractivity contribution in [2.24, 2.45) is 0 Å². The van der Waals surface area contributed by atoms with E-state index in [2.05, 4.69) is 19.2 Å². The van der Waals surface area contributed by atoms with Crippen LogP contribution in [0.15, 0.2) is 65.6 Å². The van der Waals surface area contributed by atoms with Crippen LogP contribution >= 0.6 is 11.6 Å². The van der Waals surface area contributed by atoms with Crippen LogP contribution in [0, 0.1) is 13.8 Å². The summed E-state index contributed by atoms with van der Waals surface area (Å²) in [5, 5.41) is 3.42. The number of hydrogen-bond acceptors (Lipinski definition) is 4. The molecule has 6 nitrogen and oxygen atoms in total. The first-order valence-corrected chi connectivity index (χ1v) is 13.6. The van der Waals surface area contributed by atoms with Crippen molar-refractivity contribution in [1.82, 2.24) is 5.32 Å². The summed E-state index contributed by atoms with van der Waals surface area (Å²) in [5.74, 6) is 0.637. The van der Waals surface area contributed by atoms with Gasteiger partial charge in [0.05, 0.1) is 23.7 Å². The lowest BCUT2D eigenvalue weighted by atomic mass is 9.93. The number of ether oxygens (including phenoxy) is 1. The molecule has 0 saturated carbocycles. The average Bonchev–Trinajstić information content (AvgIpc) is 2.82. The van der Waals surface area contributed by atoms with E-state index in [1.807, 2.05) is 45.0 Å². The number of hydrogen-bond donors (Lipinski definition) is 1. The van der Waals surface area contributed by atoms with Crippen LogP contribution in [0.3, 0.4) is 0 Å². The molecule has 0 fully saturated rings. The Morgan fingerprint density at radius 1 is 0.972 bits per heavy atom. The molecular weight excluding hydrogens is 496 g/mol. The Morgan fingerprint density at radius 3 is 2.19 bits per heavy atom. The quantitative estimate of drug-likeness (QED) is 0.361. The van der Waals surface area contributed by atoms with Crippen LogP contribution in [0.2, 0.25) is 5.02 Å². The largest absolute Gasteiger partial charge is 0.496 e. The third-order valence-corrected chi connectivity index (χ3v) is 8.18. The van der Waals surface area contributed by atoms with E-state index in [4.69, 9.17) is 16.3 Å². The second kappa shape index (κ2) is 11.4. The van der Waals surface area contributed by atoms with Crippen molar-refractivity contribution in [1.29, 1.82) is 0 Å². The molecule has 0 aliphatic rings. The van der Waals surface area contributed by atoms with Gasteiger partial charge in [0.25, 0.3) is 10.0 Å². The monoisotopic (exact) mass is 528 g/mol. The molecule has 192 valence electrons. The number of anilines is 1. The summed E-state index contributed by atoms with van der Waals surface area (Å²) < 4.78 is 33.9. The highest BCUT2D eigenvalue weighted by molar-refractivity contribution is 7.92. The molecule has 36 heavy (non-hydrogen) atoms. The van der Waals surface area contributed by atoms with Crippen LogP contribution in [0.25, 0.3) is 0 Å². The summed E-state index contributed by atoms with van der Waals surface area (Å²) in [4.78, 5) is 13.3. The Balaban J connectivity index is 1.93. The number of aryl methyl sites for hydroxylation is 2. The fourth-order valence-corrected chi connectivity index (χ4v) is 5.79. The fraction of sp³-hybridized carbons (Fsp3) is 0.321. The zero-order valence-electron chi connectivity index (χ0n) is 21.5. The Kier molecular flexibility index (Phi) is 8.69. The minimum Gasteiger partial charge on any atom is -0.496 e. The topological polar surface area (TPSA) is 75.7 Å². The molecule has 0 radical (unpaired) electrons. The number of nitrogens with one attached hydrogen (secondary N) is 1. The standard InChI is InChI=1S/C28H33ClN2O4S/c1-18(2)24-16-25(20(4)15-27(24)35-6)21(5)30-28(32)17-31(26-10-8-7-9-19(26)3)36(33,34)23-13-11-22(29)12-14-23/h7-16,18,21H,17H2,1-6H3,(H,30,32)/t21-/m1/s1. The summed E-state index contributed by atoms with van der Waals surface area (Å²) in [7, 11) is -2.38. The summed E-state index contributed by atoms with van der Waals surface area (Å²) in [6.07, 6.45) is 0. The average molecular weight is 529 g/mol. The van der Waals surface area contributed by atoms with Gasteiger partial charge in [-0.3, -0.25) is 9.10 Å². The van der Waals surface area contributed by atoms with E-state index in [-0.39, 0.29) is 23.4 Å². The SMILES string of the molecule is COc1cc(C)c([C@@H](C)NC(=O)CN(c2ccccc2C)S(=O)(=O)c2ccc(Cl)cc2)cc1C(C)C. The second-order valence-electron chi connectivity index (χ2n) is 9.15. The van der Waals surface area contributed by atoms with Gasteiger partial charge >= 0.3 is 0 Å². The first-order chi connectivity index (χ1) is 16.9. The number of amides is 1. The summed E-state index contributed by atoms with van der Waals surface area (Å²) in [5.41, 5.74) is 4.16. The van der Waals surface area contributed by atoms with E-state index in [1.54, 1.807) is 19.2 Å². The highest BCUT2D eigenvalue weighted by Crippen LogP contribution is 2.32. The number of methoxy groups -OCH3 is 1. The van der Waals surface area contributed by atoms with Crippen molar-refractivity contribution in [3.63, 3.8) is 0 Å². The number of benzene rings is 3. The van der Waals surface area contributed by atoms with E-state index < -0.39 is 15.9 Å².